The lowest BCUT2D eigenvalue weighted by Crippen LogP contribution is -2.18. The Kier molecular flexibility index (Phi) is 4.26. The lowest BCUT2D eigenvalue weighted by Gasteiger charge is -2.14. The molecule has 3 heteroatoms. The van der Waals surface area contributed by atoms with Gasteiger partial charge in [-0.05, 0) is 32.0 Å². The first-order valence-electron chi connectivity index (χ1n) is 4.68. The van der Waals surface area contributed by atoms with Crippen LogP contribution in [-0.4, -0.2) is 12.0 Å². The Morgan fingerprint density at radius 1 is 1.71 bits per heavy atom. The number of nitrogens with one attached hydrogen (secondary N) is 1. The Morgan fingerprint density at radius 2 is 2.50 bits per heavy atom. The van der Waals surface area contributed by atoms with E-state index >= 15 is 0 Å². The minimum atomic E-state index is -0.254. The van der Waals surface area contributed by atoms with E-state index in [1.165, 1.54) is 6.07 Å². The van der Waals surface area contributed by atoms with Crippen molar-refractivity contribution in [2.75, 3.05) is 7.05 Å². The van der Waals surface area contributed by atoms with Crippen LogP contribution >= 0.6 is 0 Å². The molecule has 1 atom stereocenters. The lowest BCUT2D eigenvalue weighted by molar-refractivity contribution is 0.496. The minimum absolute atomic E-state index is 0.0331. The third kappa shape index (κ3) is 2.64. The highest BCUT2D eigenvalue weighted by molar-refractivity contribution is 5.11. The number of pyridine rings is 1. The second kappa shape index (κ2) is 5.50. The van der Waals surface area contributed by atoms with E-state index in [1.54, 1.807) is 12.3 Å². The highest BCUT2D eigenvalue weighted by Crippen LogP contribution is 2.18. The fraction of sp³-hybridized carbons (Fsp3) is 0.364. The van der Waals surface area contributed by atoms with E-state index in [-0.39, 0.29) is 11.9 Å². The number of hydrogen-bond donors (Lipinski definition) is 1. The van der Waals surface area contributed by atoms with Gasteiger partial charge in [-0.15, -0.1) is 6.58 Å². The minimum Gasteiger partial charge on any atom is -0.312 e. The molecule has 0 aliphatic carbocycles. The molecule has 1 aromatic rings. The first kappa shape index (κ1) is 10.9. The molecule has 0 amide bonds. The van der Waals surface area contributed by atoms with E-state index in [0.29, 0.717) is 5.69 Å². The standard InChI is InChI=1S/C11H15FN2/c1-3-4-7-10(13-2)11-9(12)6-5-8-14-11/h3,5-6,8,10,13H,1,4,7H2,2H3. The molecule has 76 valence electrons. The maximum Gasteiger partial charge on any atom is 0.146 e. The Labute approximate surface area is 83.9 Å². The topological polar surface area (TPSA) is 24.9 Å². The van der Waals surface area contributed by atoms with E-state index in [2.05, 4.69) is 16.9 Å². The Balaban J connectivity index is 2.78. The van der Waals surface area contributed by atoms with Crippen molar-refractivity contribution in [3.05, 3.63) is 42.5 Å². The van der Waals surface area contributed by atoms with Gasteiger partial charge in [0.1, 0.15) is 5.82 Å². The third-order valence-corrected chi connectivity index (χ3v) is 2.12. The van der Waals surface area contributed by atoms with Crippen LogP contribution < -0.4 is 5.32 Å². The zero-order valence-electron chi connectivity index (χ0n) is 8.33. The molecule has 1 aromatic heterocycles. The summed E-state index contributed by atoms with van der Waals surface area (Å²) in [6.45, 7) is 3.64. The first-order chi connectivity index (χ1) is 6.79. The number of rotatable bonds is 5. The van der Waals surface area contributed by atoms with Crippen molar-refractivity contribution >= 4 is 0 Å². The van der Waals surface area contributed by atoms with Gasteiger partial charge in [0, 0.05) is 6.20 Å². The highest BCUT2D eigenvalue weighted by atomic mass is 19.1. The van der Waals surface area contributed by atoms with Crippen molar-refractivity contribution in [3.63, 3.8) is 0 Å². The molecule has 0 radical (unpaired) electrons. The summed E-state index contributed by atoms with van der Waals surface area (Å²) in [5.74, 6) is -0.254. The van der Waals surface area contributed by atoms with Gasteiger partial charge in [-0.25, -0.2) is 4.39 Å². The molecule has 0 aliphatic rings. The first-order valence-corrected chi connectivity index (χ1v) is 4.68. The van der Waals surface area contributed by atoms with Crippen LogP contribution in [0.5, 0.6) is 0 Å². The van der Waals surface area contributed by atoms with Gasteiger partial charge in [0.05, 0.1) is 11.7 Å². The molecule has 0 aromatic carbocycles. The normalized spacial score (nSPS) is 12.4. The Morgan fingerprint density at radius 3 is 3.07 bits per heavy atom. The number of allylic oxidation sites excluding steroid dienone is 1. The van der Waals surface area contributed by atoms with Crippen molar-refractivity contribution in [1.29, 1.82) is 0 Å². The van der Waals surface area contributed by atoms with Crippen molar-refractivity contribution in [1.82, 2.24) is 10.3 Å². The second-order valence-electron chi connectivity index (χ2n) is 3.08. The van der Waals surface area contributed by atoms with E-state index < -0.39 is 0 Å². The number of halogens is 1. The maximum atomic E-state index is 13.3. The monoisotopic (exact) mass is 194 g/mol. The Hall–Kier alpha value is -1.22. The van der Waals surface area contributed by atoms with Crippen LogP contribution in [0.2, 0.25) is 0 Å². The molecule has 1 unspecified atom stereocenters. The van der Waals surface area contributed by atoms with Crippen LogP contribution in [-0.2, 0) is 0 Å². The van der Waals surface area contributed by atoms with Crippen LogP contribution in [0.3, 0.4) is 0 Å². The molecular formula is C11H15FN2. The van der Waals surface area contributed by atoms with E-state index in [9.17, 15) is 4.39 Å². The fourth-order valence-corrected chi connectivity index (χ4v) is 1.36. The SMILES string of the molecule is C=CCCC(NC)c1ncccc1F. The molecule has 0 bridgehead atoms. The van der Waals surface area contributed by atoms with Gasteiger partial charge in [-0.3, -0.25) is 4.98 Å². The summed E-state index contributed by atoms with van der Waals surface area (Å²) >= 11 is 0. The average Bonchev–Trinajstić information content (AvgIpc) is 2.21. The number of aromatic nitrogens is 1. The molecule has 0 fully saturated rings. The maximum absolute atomic E-state index is 13.3. The second-order valence-corrected chi connectivity index (χ2v) is 3.08. The smallest absolute Gasteiger partial charge is 0.146 e. The van der Waals surface area contributed by atoms with Crippen molar-refractivity contribution in [2.45, 2.75) is 18.9 Å². The summed E-state index contributed by atoms with van der Waals surface area (Å²) in [5.41, 5.74) is 0.483. The van der Waals surface area contributed by atoms with Gasteiger partial charge in [-0.2, -0.15) is 0 Å². The summed E-state index contributed by atoms with van der Waals surface area (Å²) in [4.78, 5) is 4.03. The zero-order valence-corrected chi connectivity index (χ0v) is 8.33. The molecule has 1 heterocycles. The molecule has 2 nitrogen and oxygen atoms in total. The third-order valence-electron chi connectivity index (χ3n) is 2.12. The van der Waals surface area contributed by atoms with Crippen LogP contribution in [0.1, 0.15) is 24.6 Å². The predicted octanol–water partition coefficient (Wildman–Crippen LogP) is 2.45. The Bertz CT molecular complexity index is 299. The van der Waals surface area contributed by atoms with Gasteiger partial charge >= 0.3 is 0 Å². The lowest BCUT2D eigenvalue weighted by atomic mass is 10.1. The van der Waals surface area contributed by atoms with E-state index in [1.807, 2.05) is 13.1 Å². The van der Waals surface area contributed by atoms with Crippen LogP contribution in [0, 0.1) is 5.82 Å². The average molecular weight is 194 g/mol. The molecule has 0 spiro atoms. The molecule has 0 saturated carbocycles. The summed E-state index contributed by atoms with van der Waals surface area (Å²) in [6.07, 6.45) is 5.09. The number of nitrogens with zero attached hydrogens (tertiary/aromatic N) is 1. The van der Waals surface area contributed by atoms with E-state index in [0.717, 1.165) is 12.8 Å². The van der Waals surface area contributed by atoms with Gasteiger partial charge < -0.3 is 5.32 Å². The van der Waals surface area contributed by atoms with Crippen molar-refractivity contribution < 1.29 is 4.39 Å². The molecule has 14 heavy (non-hydrogen) atoms. The largest absolute Gasteiger partial charge is 0.312 e. The van der Waals surface area contributed by atoms with Crippen LogP contribution in [0.25, 0.3) is 0 Å². The van der Waals surface area contributed by atoms with Crippen LogP contribution in [0.15, 0.2) is 31.0 Å². The quantitative estimate of drug-likeness (QED) is 0.728. The van der Waals surface area contributed by atoms with Gasteiger partial charge in [0.25, 0.3) is 0 Å². The van der Waals surface area contributed by atoms with Crippen molar-refractivity contribution in [3.8, 4) is 0 Å². The van der Waals surface area contributed by atoms with Crippen molar-refractivity contribution in [2.24, 2.45) is 0 Å². The molecule has 0 saturated heterocycles. The molecule has 1 N–H and O–H groups in total. The summed E-state index contributed by atoms with van der Waals surface area (Å²) in [6, 6.07) is 2.99. The summed E-state index contributed by atoms with van der Waals surface area (Å²) < 4.78 is 13.3. The molecule has 0 aliphatic heterocycles. The molecular weight excluding hydrogens is 179 g/mol. The highest BCUT2D eigenvalue weighted by Gasteiger charge is 2.13. The predicted molar refractivity (Wildman–Crippen MR) is 55.4 cm³/mol. The van der Waals surface area contributed by atoms with Gasteiger partial charge in [-0.1, -0.05) is 6.08 Å². The molecule has 1 rings (SSSR count). The van der Waals surface area contributed by atoms with Crippen LogP contribution in [0.4, 0.5) is 4.39 Å². The van der Waals surface area contributed by atoms with Gasteiger partial charge in [0.2, 0.25) is 0 Å². The summed E-state index contributed by atoms with van der Waals surface area (Å²) in [5, 5.41) is 3.04. The number of hydrogen-bond acceptors (Lipinski definition) is 2. The summed E-state index contributed by atoms with van der Waals surface area (Å²) in [7, 11) is 1.81. The van der Waals surface area contributed by atoms with Gasteiger partial charge in [0.15, 0.2) is 0 Å². The zero-order chi connectivity index (χ0) is 10.4. The van der Waals surface area contributed by atoms with E-state index in [4.69, 9.17) is 0 Å². The fourth-order valence-electron chi connectivity index (χ4n) is 1.36.